The molecule has 1 aliphatic rings. The Bertz CT molecular complexity index is 744. The molecule has 0 unspecified atom stereocenters. The Morgan fingerprint density at radius 1 is 1.25 bits per heavy atom. The Morgan fingerprint density at radius 3 is 2.36 bits per heavy atom. The molecule has 1 heterocycles. The summed E-state index contributed by atoms with van der Waals surface area (Å²) in [5.74, 6) is -0.0233. The maximum atomic E-state index is 13.4. The third kappa shape index (κ3) is 5.43. The molecule has 5 heteroatoms. The van der Waals surface area contributed by atoms with Crippen LogP contribution in [0.5, 0.6) is 0 Å². The summed E-state index contributed by atoms with van der Waals surface area (Å²) in [5, 5.41) is 0. The van der Waals surface area contributed by atoms with Gasteiger partial charge in [0.15, 0.2) is 5.78 Å². The predicted octanol–water partition coefficient (Wildman–Crippen LogP) is 5.96. The number of Topliss-reactive ketones (excluding diaryl/α,β-unsaturated/α-hetero) is 1. The number of nitrogens with zero attached hydrogens (tertiary/aromatic N) is 1. The first-order valence-electron chi connectivity index (χ1n) is 10.1. The molecule has 1 aromatic carbocycles. The molecule has 154 valence electrons. The second-order valence-electron chi connectivity index (χ2n) is 8.84. The van der Waals surface area contributed by atoms with Gasteiger partial charge in [-0.25, -0.2) is 9.18 Å². The van der Waals surface area contributed by atoms with Crippen molar-refractivity contribution >= 4 is 17.4 Å². The number of carbonyl (C=O) groups excluding carboxylic acids is 2. The van der Waals surface area contributed by atoms with Crippen LogP contribution in [0.25, 0.3) is 5.57 Å². The highest BCUT2D eigenvalue weighted by Gasteiger charge is 2.39. The van der Waals surface area contributed by atoms with Crippen molar-refractivity contribution in [1.82, 2.24) is 4.90 Å². The molecule has 1 atom stereocenters. The lowest BCUT2D eigenvalue weighted by molar-refractivity contribution is -0.115. The van der Waals surface area contributed by atoms with E-state index in [1.165, 1.54) is 12.1 Å². The number of carbonyl (C=O) groups is 2. The molecule has 0 fully saturated rings. The molecule has 0 N–H and O–H groups in total. The summed E-state index contributed by atoms with van der Waals surface area (Å²) in [6, 6.07) is 5.67. The molecule has 0 spiro atoms. The van der Waals surface area contributed by atoms with Crippen LogP contribution in [0.4, 0.5) is 9.18 Å². The Labute approximate surface area is 167 Å². The molecule has 2 rings (SSSR count). The highest BCUT2D eigenvalue weighted by Crippen LogP contribution is 2.37. The number of ketones is 1. The monoisotopic (exact) mass is 389 g/mol. The summed E-state index contributed by atoms with van der Waals surface area (Å²) in [5.41, 5.74) is 1.21. The van der Waals surface area contributed by atoms with Gasteiger partial charge in [0.2, 0.25) is 0 Å². The predicted molar refractivity (Wildman–Crippen MR) is 109 cm³/mol. The van der Waals surface area contributed by atoms with Crippen LogP contribution < -0.4 is 0 Å². The molecule has 1 aromatic rings. The fraction of sp³-hybridized carbons (Fsp3) is 0.565. The van der Waals surface area contributed by atoms with Crippen LogP contribution in [-0.4, -0.2) is 28.4 Å². The summed E-state index contributed by atoms with van der Waals surface area (Å²) >= 11 is 0. The Hall–Kier alpha value is -2.17. The SMILES string of the molecule is CCCC1=C(c2ccc(F)cc2)C(=O)C[C@H](CC(C)C)N1C(=O)OC(C)(C)C. The first-order valence-corrected chi connectivity index (χ1v) is 10.1. The number of halogens is 1. The fourth-order valence-electron chi connectivity index (χ4n) is 3.64. The topological polar surface area (TPSA) is 46.6 Å². The molecule has 0 aromatic heterocycles. The Morgan fingerprint density at radius 2 is 1.86 bits per heavy atom. The maximum Gasteiger partial charge on any atom is 0.414 e. The van der Waals surface area contributed by atoms with Crippen LogP contribution in [0.1, 0.15) is 72.8 Å². The fourth-order valence-corrected chi connectivity index (χ4v) is 3.64. The molecule has 0 aliphatic carbocycles. The third-order valence-corrected chi connectivity index (χ3v) is 4.60. The summed E-state index contributed by atoms with van der Waals surface area (Å²) in [6.07, 6.45) is 1.90. The van der Waals surface area contributed by atoms with Gasteiger partial charge in [0.1, 0.15) is 11.4 Å². The van der Waals surface area contributed by atoms with Crippen molar-refractivity contribution < 1.29 is 18.7 Å². The maximum absolute atomic E-state index is 13.4. The molecular formula is C23H32FNO3. The van der Waals surface area contributed by atoms with Crippen LogP contribution in [-0.2, 0) is 9.53 Å². The van der Waals surface area contributed by atoms with E-state index in [1.807, 2.05) is 27.7 Å². The van der Waals surface area contributed by atoms with E-state index in [1.54, 1.807) is 17.0 Å². The van der Waals surface area contributed by atoms with Crippen LogP contribution in [0, 0.1) is 11.7 Å². The number of hydrogen-bond donors (Lipinski definition) is 0. The minimum Gasteiger partial charge on any atom is -0.443 e. The zero-order valence-electron chi connectivity index (χ0n) is 17.8. The van der Waals surface area contributed by atoms with Gasteiger partial charge in [-0.15, -0.1) is 0 Å². The highest BCUT2D eigenvalue weighted by molar-refractivity contribution is 6.23. The molecule has 0 radical (unpaired) electrons. The van der Waals surface area contributed by atoms with Crippen LogP contribution >= 0.6 is 0 Å². The van der Waals surface area contributed by atoms with Crippen LogP contribution in [0.2, 0.25) is 0 Å². The van der Waals surface area contributed by atoms with Crippen molar-refractivity contribution in [3.05, 3.63) is 41.3 Å². The van der Waals surface area contributed by atoms with Gasteiger partial charge < -0.3 is 4.74 Å². The van der Waals surface area contributed by atoms with E-state index in [9.17, 15) is 14.0 Å². The van der Waals surface area contributed by atoms with Gasteiger partial charge in [0.25, 0.3) is 0 Å². The number of hydrogen-bond acceptors (Lipinski definition) is 3. The first kappa shape index (κ1) is 22.1. The Balaban J connectivity index is 2.60. The summed E-state index contributed by atoms with van der Waals surface area (Å²) in [4.78, 5) is 27.9. The number of allylic oxidation sites excluding steroid dienone is 2. The van der Waals surface area contributed by atoms with E-state index in [2.05, 4.69) is 13.8 Å². The van der Waals surface area contributed by atoms with Gasteiger partial charge in [0, 0.05) is 23.7 Å². The van der Waals surface area contributed by atoms with Crippen molar-refractivity contribution in [2.45, 2.75) is 78.9 Å². The Kier molecular flexibility index (Phi) is 7.02. The molecule has 1 amide bonds. The molecule has 0 bridgehead atoms. The van der Waals surface area contributed by atoms with Crippen molar-refractivity contribution in [1.29, 1.82) is 0 Å². The standard InChI is InChI=1S/C23H32FNO3/c1-7-8-19-21(16-9-11-17(24)12-10-16)20(26)14-18(13-15(2)3)25(19)22(27)28-23(4,5)6/h9-12,15,18H,7-8,13-14H2,1-6H3/t18-/m0/s1. The van der Waals surface area contributed by atoms with Crippen molar-refractivity contribution in [2.75, 3.05) is 0 Å². The van der Waals surface area contributed by atoms with Gasteiger partial charge in [-0.1, -0.05) is 39.3 Å². The third-order valence-electron chi connectivity index (χ3n) is 4.60. The van der Waals surface area contributed by atoms with Gasteiger partial charge >= 0.3 is 6.09 Å². The summed E-state index contributed by atoms with van der Waals surface area (Å²) in [7, 11) is 0. The van der Waals surface area contributed by atoms with E-state index in [0.29, 0.717) is 29.2 Å². The van der Waals surface area contributed by atoms with Gasteiger partial charge in [0.05, 0.1) is 0 Å². The minimum absolute atomic E-state index is 0.000479. The molecule has 1 aliphatic heterocycles. The van der Waals surface area contributed by atoms with E-state index < -0.39 is 11.7 Å². The molecule has 0 saturated carbocycles. The lowest BCUT2D eigenvalue weighted by Crippen LogP contribution is -2.47. The van der Waals surface area contributed by atoms with E-state index >= 15 is 0 Å². The number of benzene rings is 1. The van der Waals surface area contributed by atoms with Crippen LogP contribution in [0.15, 0.2) is 30.0 Å². The average molecular weight is 390 g/mol. The molecular weight excluding hydrogens is 357 g/mol. The second kappa shape index (κ2) is 8.89. The van der Waals surface area contributed by atoms with E-state index in [4.69, 9.17) is 4.74 Å². The lowest BCUT2D eigenvalue weighted by Gasteiger charge is -2.40. The van der Waals surface area contributed by atoms with Crippen LogP contribution in [0.3, 0.4) is 0 Å². The summed E-state index contributed by atoms with van der Waals surface area (Å²) < 4.78 is 19.1. The van der Waals surface area contributed by atoms with Crippen molar-refractivity contribution in [2.24, 2.45) is 5.92 Å². The minimum atomic E-state index is -0.631. The van der Waals surface area contributed by atoms with Gasteiger partial charge in [-0.2, -0.15) is 0 Å². The number of ether oxygens (including phenoxy) is 1. The summed E-state index contributed by atoms with van der Waals surface area (Å²) in [6.45, 7) is 11.7. The zero-order valence-corrected chi connectivity index (χ0v) is 17.8. The largest absolute Gasteiger partial charge is 0.443 e. The van der Waals surface area contributed by atoms with Gasteiger partial charge in [-0.3, -0.25) is 9.69 Å². The highest BCUT2D eigenvalue weighted by atomic mass is 19.1. The quantitative estimate of drug-likeness (QED) is 0.624. The smallest absolute Gasteiger partial charge is 0.414 e. The average Bonchev–Trinajstić information content (AvgIpc) is 2.54. The lowest BCUT2D eigenvalue weighted by atomic mass is 9.85. The zero-order chi connectivity index (χ0) is 21.1. The molecule has 4 nitrogen and oxygen atoms in total. The normalized spacial score (nSPS) is 18.1. The van der Waals surface area contributed by atoms with Crippen molar-refractivity contribution in [3.8, 4) is 0 Å². The van der Waals surface area contributed by atoms with Gasteiger partial charge in [-0.05, 0) is 57.2 Å². The number of amides is 1. The van der Waals surface area contributed by atoms with E-state index in [-0.39, 0.29) is 24.1 Å². The molecule has 0 saturated heterocycles. The van der Waals surface area contributed by atoms with E-state index in [0.717, 1.165) is 12.8 Å². The number of rotatable bonds is 5. The second-order valence-corrected chi connectivity index (χ2v) is 8.84. The molecule has 28 heavy (non-hydrogen) atoms. The van der Waals surface area contributed by atoms with Crippen molar-refractivity contribution in [3.63, 3.8) is 0 Å². The first-order chi connectivity index (χ1) is 13.0.